The van der Waals surface area contributed by atoms with Crippen LogP contribution in [0.4, 0.5) is 19.3 Å². The van der Waals surface area contributed by atoms with E-state index < -0.39 is 29.3 Å². The number of rotatable bonds is 1. The van der Waals surface area contributed by atoms with Crippen LogP contribution < -0.4 is 10.2 Å². The first-order chi connectivity index (χ1) is 7.11. The van der Waals surface area contributed by atoms with Crippen molar-refractivity contribution >= 4 is 17.6 Å². The number of hydrogen-bond acceptors (Lipinski definition) is 2. The summed E-state index contributed by atoms with van der Waals surface area (Å²) in [6.45, 7) is -0.243. The summed E-state index contributed by atoms with van der Waals surface area (Å²) in [6.07, 6.45) is 0. The van der Waals surface area contributed by atoms with Gasteiger partial charge in [0.1, 0.15) is 17.3 Å². The minimum atomic E-state index is -0.944. The second-order valence-corrected chi connectivity index (χ2v) is 2.96. The van der Waals surface area contributed by atoms with Crippen LogP contribution in [0.5, 0.6) is 0 Å². The Bertz CT molecular complexity index is 411. The van der Waals surface area contributed by atoms with E-state index in [-0.39, 0.29) is 6.54 Å². The van der Waals surface area contributed by atoms with Gasteiger partial charge in [0.15, 0.2) is 0 Å². The first kappa shape index (κ1) is 9.57. The van der Waals surface area contributed by atoms with Gasteiger partial charge in [0.05, 0.1) is 6.54 Å². The number of imide groups is 1. The first-order valence-corrected chi connectivity index (χ1v) is 4.16. The van der Waals surface area contributed by atoms with Crippen molar-refractivity contribution in [2.75, 3.05) is 11.4 Å². The smallest absolute Gasteiger partial charge is 0.328 e. The second-order valence-electron chi connectivity index (χ2n) is 2.96. The molecule has 1 aliphatic heterocycles. The summed E-state index contributed by atoms with van der Waals surface area (Å²) in [5.41, 5.74) is -0.627. The van der Waals surface area contributed by atoms with Crippen molar-refractivity contribution < 1.29 is 18.4 Å². The van der Waals surface area contributed by atoms with Gasteiger partial charge in [0.25, 0.3) is 5.91 Å². The number of para-hydroxylation sites is 1. The molecule has 1 aromatic carbocycles. The van der Waals surface area contributed by atoms with Crippen LogP contribution in [0.25, 0.3) is 0 Å². The van der Waals surface area contributed by atoms with Crippen molar-refractivity contribution in [2.24, 2.45) is 0 Å². The van der Waals surface area contributed by atoms with Crippen LogP contribution in [-0.4, -0.2) is 18.5 Å². The largest absolute Gasteiger partial charge is 0.329 e. The van der Waals surface area contributed by atoms with Gasteiger partial charge in [0.2, 0.25) is 0 Å². The van der Waals surface area contributed by atoms with Crippen LogP contribution in [0.15, 0.2) is 18.2 Å². The molecule has 1 saturated heterocycles. The van der Waals surface area contributed by atoms with E-state index in [1.807, 2.05) is 0 Å². The van der Waals surface area contributed by atoms with E-state index in [0.717, 1.165) is 18.2 Å². The van der Waals surface area contributed by atoms with Crippen molar-refractivity contribution in [3.05, 3.63) is 29.8 Å². The number of amides is 3. The normalized spacial score (nSPS) is 15.7. The molecule has 1 aliphatic rings. The molecule has 0 bridgehead atoms. The highest BCUT2D eigenvalue weighted by atomic mass is 19.1. The van der Waals surface area contributed by atoms with E-state index >= 15 is 0 Å². The molecule has 0 atom stereocenters. The number of nitrogens with zero attached hydrogens (tertiary/aromatic N) is 1. The lowest BCUT2D eigenvalue weighted by Gasteiger charge is -2.13. The molecular formula is C9H6F2N2O2. The molecule has 78 valence electrons. The average Bonchev–Trinajstić information content (AvgIpc) is 2.49. The third-order valence-electron chi connectivity index (χ3n) is 2.00. The summed E-state index contributed by atoms with van der Waals surface area (Å²) in [7, 11) is 0. The molecule has 3 amide bonds. The van der Waals surface area contributed by atoms with E-state index in [4.69, 9.17) is 0 Å². The van der Waals surface area contributed by atoms with Gasteiger partial charge in [-0.25, -0.2) is 18.5 Å². The molecule has 0 aliphatic carbocycles. The monoisotopic (exact) mass is 212 g/mol. The Hall–Kier alpha value is -1.98. The molecule has 0 saturated carbocycles. The van der Waals surface area contributed by atoms with Crippen molar-refractivity contribution in [1.82, 2.24) is 5.32 Å². The predicted molar refractivity (Wildman–Crippen MR) is 47.2 cm³/mol. The molecule has 1 aromatic rings. The van der Waals surface area contributed by atoms with Crippen LogP contribution in [-0.2, 0) is 4.79 Å². The number of carbonyl (C=O) groups is 2. The standard InChI is InChI=1S/C9H6F2N2O2/c10-5-2-1-3-6(11)8(5)13-7(14)4-12-9(13)15/h1-3H,4H2,(H,12,15). The third-order valence-corrected chi connectivity index (χ3v) is 2.00. The summed E-state index contributed by atoms with van der Waals surface area (Å²) in [5.74, 6) is -2.56. The van der Waals surface area contributed by atoms with Crippen molar-refractivity contribution in [3.8, 4) is 0 Å². The summed E-state index contributed by atoms with van der Waals surface area (Å²) in [6, 6.07) is 2.31. The molecule has 0 radical (unpaired) electrons. The number of halogens is 2. The first-order valence-electron chi connectivity index (χ1n) is 4.16. The van der Waals surface area contributed by atoms with Gasteiger partial charge in [-0.15, -0.1) is 0 Å². The Labute approximate surface area is 83.5 Å². The molecule has 1 heterocycles. The Morgan fingerprint density at radius 3 is 2.27 bits per heavy atom. The fraction of sp³-hybridized carbons (Fsp3) is 0.111. The van der Waals surface area contributed by atoms with E-state index in [9.17, 15) is 18.4 Å². The molecule has 4 nitrogen and oxygen atoms in total. The second kappa shape index (κ2) is 3.30. The van der Waals surface area contributed by atoms with Gasteiger partial charge in [0, 0.05) is 0 Å². The fourth-order valence-corrected chi connectivity index (χ4v) is 1.35. The van der Waals surface area contributed by atoms with Crippen LogP contribution >= 0.6 is 0 Å². The van der Waals surface area contributed by atoms with E-state index in [0.29, 0.717) is 4.90 Å². The zero-order valence-electron chi connectivity index (χ0n) is 7.46. The predicted octanol–water partition coefficient (Wildman–Crippen LogP) is 1.02. The highest BCUT2D eigenvalue weighted by Gasteiger charge is 2.33. The molecule has 2 rings (SSSR count). The molecular weight excluding hydrogens is 206 g/mol. The summed E-state index contributed by atoms with van der Waals surface area (Å²) < 4.78 is 26.5. The Kier molecular flexibility index (Phi) is 2.11. The summed E-state index contributed by atoms with van der Waals surface area (Å²) >= 11 is 0. The number of anilines is 1. The molecule has 0 unspecified atom stereocenters. The van der Waals surface area contributed by atoms with Gasteiger partial charge in [-0.1, -0.05) is 6.07 Å². The van der Waals surface area contributed by atoms with Crippen LogP contribution in [0, 0.1) is 11.6 Å². The topological polar surface area (TPSA) is 49.4 Å². The van der Waals surface area contributed by atoms with Crippen molar-refractivity contribution in [3.63, 3.8) is 0 Å². The number of benzene rings is 1. The lowest BCUT2D eigenvalue weighted by atomic mass is 10.2. The van der Waals surface area contributed by atoms with Crippen molar-refractivity contribution in [1.29, 1.82) is 0 Å². The van der Waals surface area contributed by atoms with E-state index in [1.54, 1.807) is 0 Å². The van der Waals surface area contributed by atoms with Gasteiger partial charge in [-0.2, -0.15) is 0 Å². The Morgan fingerprint density at radius 1 is 1.20 bits per heavy atom. The zero-order chi connectivity index (χ0) is 11.0. The lowest BCUT2D eigenvalue weighted by molar-refractivity contribution is -0.115. The fourth-order valence-electron chi connectivity index (χ4n) is 1.35. The molecule has 0 spiro atoms. The number of urea groups is 1. The minimum absolute atomic E-state index is 0.243. The quantitative estimate of drug-likeness (QED) is 0.706. The Balaban J connectivity index is 2.53. The molecule has 1 N–H and O–H groups in total. The van der Waals surface area contributed by atoms with E-state index in [2.05, 4.69) is 5.32 Å². The van der Waals surface area contributed by atoms with E-state index in [1.165, 1.54) is 0 Å². The zero-order valence-corrected chi connectivity index (χ0v) is 7.46. The number of nitrogens with one attached hydrogen (secondary N) is 1. The Morgan fingerprint density at radius 2 is 1.80 bits per heavy atom. The molecule has 1 fully saturated rings. The maximum Gasteiger partial charge on any atom is 0.329 e. The maximum absolute atomic E-state index is 13.2. The van der Waals surface area contributed by atoms with Crippen LogP contribution in [0.3, 0.4) is 0 Å². The number of hydrogen-bond donors (Lipinski definition) is 1. The summed E-state index contributed by atoms with van der Waals surface area (Å²) in [5, 5.41) is 2.18. The minimum Gasteiger partial charge on any atom is -0.328 e. The molecule has 6 heteroatoms. The van der Waals surface area contributed by atoms with Gasteiger partial charge in [-0.05, 0) is 12.1 Å². The third kappa shape index (κ3) is 1.43. The summed E-state index contributed by atoms with van der Waals surface area (Å²) in [4.78, 5) is 22.8. The molecule has 0 aromatic heterocycles. The van der Waals surface area contributed by atoms with Crippen LogP contribution in [0.2, 0.25) is 0 Å². The maximum atomic E-state index is 13.2. The van der Waals surface area contributed by atoms with Gasteiger partial charge in [-0.3, -0.25) is 4.79 Å². The average molecular weight is 212 g/mol. The van der Waals surface area contributed by atoms with Gasteiger partial charge < -0.3 is 5.32 Å². The van der Waals surface area contributed by atoms with Crippen molar-refractivity contribution in [2.45, 2.75) is 0 Å². The lowest BCUT2D eigenvalue weighted by Crippen LogP contribution is -2.32. The highest BCUT2D eigenvalue weighted by Crippen LogP contribution is 2.24. The van der Waals surface area contributed by atoms with Crippen LogP contribution in [0.1, 0.15) is 0 Å². The molecule has 15 heavy (non-hydrogen) atoms. The number of carbonyl (C=O) groups excluding carboxylic acids is 2. The highest BCUT2D eigenvalue weighted by molar-refractivity contribution is 6.19. The SMILES string of the molecule is O=C1CNC(=O)N1c1c(F)cccc1F. The van der Waals surface area contributed by atoms with Gasteiger partial charge >= 0.3 is 6.03 Å².